The molecule has 1 aliphatic rings. The fourth-order valence-electron chi connectivity index (χ4n) is 3.56. The van der Waals surface area contributed by atoms with Crippen LogP contribution in [0, 0.1) is 5.92 Å². The number of nitrogens with one attached hydrogen (secondary N) is 3. The number of esters is 1. The van der Waals surface area contributed by atoms with Gasteiger partial charge in [-0.2, -0.15) is 0 Å². The van der Waals surface area contributed by atoms with Crippen molar-refractivity contribution in [2.45, 2.75) is 59.4 Å². The van der Waals surface area contributed by atoms with Crippen molar-refractivity contribution in [2.24, 2.45) is 5.92 Å². The zero-order valence-corrected chi connectivity index (χ0v) is 19.2. The SMILES string of the molecule is CC[NH+](CC(=O)Nc1sc2c(c1C(=O)OC)CC[C@H](C)C2)CC(=O)NC(C)(C)C. The van der Waals surface area contributed by atoms with Gasteiger partial charge in [-0.3, -0.25) is 9.59 Å². The summed E-state index contributed by atoms with van der Waals surface area (Å²) in [6, 6.07) is 0. The minimum atomic E-state index is -0.406. The Labute approximate surface area is 177 Å². The Kier molecular flexibility index (Phi) is 7.82. The predicted molar refractivity (Wildman–Crippen MR) is 115 cm³/mol. The van der Waals surface area contributed by atoms with Crippen LogP contribution >= 0.6 is 11.3 Å². The minimum Gasteiger partial charge on any atom is -0.465 e. The second kappa shape index (κ2) is 9.71. The first-order chi connectivity index (χ1) is 13.5. The van der Waals surface area contributed by atoms with Gasteiger partial charge in [0, 0.05) is 10.4 Å². The van der Waals surface area contributed by atoms with Crippen LogP contribution in [-0.2, 0) is 27.2 Å². The van der Waals surface area contributed by atoms with E-state index in [2.05, 4.69) is 17.6 Å². The van der Waals surface area contributed by atoms with Crippen LogP contribution in [0.4, 0.5) is 5.00 Å². The van der Waals surface area contributed by atoms with E-state index in [4.69, 9.17) is 4.74 Å². The lowest BCUT2D eigenvalue weighted by Gasteiger charge is -2.23. The Hall–Kier alpha value is -1.93. The lowest BCUT2D eigenvalue weighted by Crippen LogP contribution is -3.14. The molecule has 29 heavy (non-hydrogen) atoms. The van der Waals surface area contributed by atoms with E-state index >= 15 is 0 Å². The van der Waals surface area contributed by atoms with E-state index in [9.17, 15) is 14.4 Å². The van der Waals surface area contributed by atoms with Gasteiger partial charge in [0.05, 0.1) is 19.2 Å². The van der Waals surface area contributed by atoms with E-state index < -0.39 is 5.97 Å². The van der Waals surface area contributed by atoms with Gasteiger partial charge in [-0.15, -0.1) is 11.3 Å². The monoisotopic (exact) mass is 424 g/mol. The summed E-state index contributed by atoms with van der Waals surface area (Å²) in [6.07, 6.45) is 2.77. The van der Waals surface area contributed by atoms with Crippen molar-refractivity contribution in [3.05, 3.63) is 16.0 Å². The molecule has 162 valence electrons. The summed E-state index contributed by atoms with van der Waals surface area (Å²) in [4.78, 5) is 39.2. The Morgan fingerprint density at radius 2 is 1.86 bits per heavy atom. The van der Waals surface area contributed by atoms with Crippen molar-refractivity contribution >= 4 is 34.1 Å². The number of rotatable bonds is 7. The summed E-state index contributed by atoms with van der Waals surface area (Å²) in [5, 5.41) is 6.40. The Morgan fingerprint density at radius 3 is 2.45 bits per heavy atom. The van der Waals surface area contributed by atoms with Gasteiger partial charge in [-0.05, 0) is 58.4 Å². The van der Waals surface area contributed by atoms with Gasteiger partial charge < -0.3 is 20.3 Å². The molecular weight excluding hydrogens is 390 g/mol. The quantitative estimate of drug-likeness (QED) is 0.578. The molecule has 2 atom stereocenters. The smallest absolute Gasteiger partial charge is 0.341 e. The third-order valence-corrected chi connectivity index (χ3v) is 6.16. The summed E-state index contributed by atoms with van der Waals surface area (Å²) in [5.74, 6) is -0.131. The second-order valence-corrected chi connectivity index (χ2v) is 9.96. The zero-order valence-electron chi connectivity index (χ0n) is 18.4. The number of likely N-dealkylation sites (N-methyl/N-ethyl adjacent to an activating group) is 1. The fraction of sp³-hybridized carbons (Fsp3) is 0.667. The Morgan fingerprint density at radius 1 is 1.21 bits per heavy atom. The third kappa shape index (κ3) is 6.54. The molecule has 1 heterocycles. The van der Waals surface area contributed by atoms with Gasteiger partial charge >= 0.3 is 5.97 Å². The number of fused-ring (bicyclic) bond motifs is 1. The molecule has 7 nitrogen and oxygen atoms in total. The van der Waals surface area contributed by atoms with E-state index in [1.807, 2.05) is 27.7 Å². The molecule has 0 radical (unpaired) electrons. The highest BCUT2D eigenvalue weighted by atomic mass is 32.1. The molecule has 0 aliphatic heterocycles. The topological polar surface area (TPSA) is 88.9 Å². The molecule has 1 aromatic rings. The molecule has 8 heteroatoms. The number of anilines is 1. The average molecular weight is 425 g/mol. The summed E-state index contributed by atoms with van der Waals surface area (Å²) in [6.45, 7) is 11.0. The van der Waals surface area contributed by atoms with Crippen molar-refractivity contribution in [2.75, 3.05) is 32.1 Å². The molecule has 2 amide bonds. The maximum atomic E-state index is 12.7. The average Bonchev–Trinajstić information content (AvgIpc) is 2.95. The van der Waals surface area contributed by atoms with Gasteiger partial charge in [0.1, 0.15) is 5.00 Å². The zero-order chi connectivity index (χ0) is 21.8. The van der Waals surface area contributed by atoms with E-state index in [-0.39, 0.29) is 30.4 Å². The van der Waals surface area contributed by atoms with Crippen LogP contribution < -0.4 is 15.5 Å². The highest BCUT2D eigenvalue weighted by Gasteiger charge is 2.29. The van der Waals surface area contributed by atoms with Crippen LogP contribution in [0.1, 0.15) is 61.8 Å². The molecule has 1 aromatic heterocycles. The molecule has 0 saturated heterocycles. The van der Waals surface area contributed by atoms with Crippen LogP contribution in [0.25, 0.3) is 0 Å². The normalized spacial score (nSPS) is 17.2. The van der Waals surface area contributed by atoms with Crippen molar-refractivity contribution in [1.29, 1.82) is 0 Å². The van der Waals surface area contributed by atoms with E-state index in [1.54, 1.807) is 0 Å². The first-order valence-corrected chi connectivity index (χ1v) is 11.0. The van der Waals surface area contributed by atoms with E-state index in [1.165, 1.54) is 18.4 Å². The first kappa shape index (κ1) is 23.3. The summed E-state index contributed by atoms with van der Waals surface area (Å²) < 4.78 is 4.97. The third-order valence-electron chi connectivity index (χ3n) is 4.99. The highest BCUT2D eigenvalue weighted by molar-refractivity contribution is 7.17. The van der Waals surface area contributed by atoms with Gasteiger partial charge in [-0.1, -0.05) is 6.92 Å². The standard InChI is InChI=1S/C21H33N3O4S/c1-7-24(12-17(26)23-21(3,4)5)11-16(25)22-19-18(20(27)28-6)14-9-8-13(2)10-15(14)29-19/h13H,7-12H2,1-6H3,(H,22,25)(H,23,26)/p+1/t13-/m0/s1. The van der Waals surface area contributed by atoms with Gasteiger partial charge in [0.15, 0.2) is 13.1 Å². The molecule has 1 unspecified atom stereocenters. The van der Waals surface area contributed by atoms with Gasteiger partial charge in [-0.25, -0.2) is 4.79 Å². The first-order valence-electron chi connectivity index (χ1n) is 10.2. The van der Waals surface area contributed by atoms with Crippen molar-refractivity contribution in [1.82, 2.24) is 5.32 Å². The summed E-state index contributed by atoms with van der Waals surface area (Å²) in [5.41, 5.74) is 1.21. The number of quaternary nitrogens is 1. The maximum Gasteiger partial charge on any atom is 0.341 e. The molecular formula is C21H34N3O4S+. The van der Waals surface area contributed by atoms with Gasteiger partial charge in [0.2, 0.25) is 0 Å². The Bertz CT molecular complexity index is 767. The van der Waals surface area contributed by atoms with E-state index in [0.29, 0.717) is 23.0 Å². The Balaban J connectivity index is 2.09. The van der Waals surface area contributed by atoms with Crippen LogP contribution in [0.3, 0.4) is 0 Å². The largest absolute Gasteiger partial charge is 0.465 e. The summed E-state index contributed by atoms with van der Waals surface area (Å²) >= 11 is 1.47. The highest BCUT2D eigenvalue weighted by Crippen LogP contribution is 2.39. The van der Waals surface area contributed by atoms with E-state index in [0.717, 1.165) is 34.6 Å². The molecule has 1 aliphatic carbocycles. The lowest BCUT2D eigenvalue weighted by atomic mass is 9.88. The van der Waals surface area contributed by atoms with Crippen molar-refractivity contribution in [3.8, 4) is 0 Å². The minimum absolute atomic E-state index is 0.0852. The van der Waals surface area contributed by atoms with Crippen LogP contribution in [0.15, 0.2) is 0 Å². The van der Waals surface area contributed by atoms with Gasteiger partial charge in [0.25, 0.3) is 11.8 Å². The van der Waals surface area contributed by atoms with Crippen molar-refractivity contribution < 1.29 is 24.0 Å². The number of amides is 2. The molecule has 0 aromatic carbocycles. The molecule has 0 spiro atoms. The number of ether oxygens (including phenoxy) is 1. The number of hydrogen-bond acceptors (Lipinski definition) is 5. The predicted octanol–water partition coefficient (Wildman–Crippen LogP) is 1.42. The molecule has 0 saturated carbocycles. The molecule has 3 N–H and O–H groups in total. The molecule has 2 rings (SSSR count). The summed E-state index contributed by atoms with van der Waals surface area (Å²) in [7, 11) is 1.36. The number of carbonyl (C=O) groups is 3. The number of thiophene rings is 1. The van der Waals surface area contributed by atoms with Crippen molar-refractivity contribution in [3.63, 3.8) is 0 Å². The molecule has 0 bridgehead atoms. The van der Waals surface area contributed by atoms with Crippen LogP contribution in [0.5, 0.6) is 0 Å². The maximum absolute atomic E-state index is 12.7. The van der Waals surface area contributed by atoms with Crippen LogP contribution in [0.2, 0.25) is 0 Å². The number of methoxy groups -OCH3 is 1. The lowest BCUT2D eigenvalue weighted by molar-refractivity contribution is -0.881. The second-order valence-electron chi connectivity index (χ2n) is 8.85. The number of hydrogen-bond donors (Lipinski definition) is 3. The molecule has 0 fully saturated rings. The number of carbonyl (C=O) groups excluding carboxylic acids is 3. The fourth-order valence-corrected chi connectivity index (χ4v) is 4.97. The van der Waals surface area contributed by atoms with Crippen LogP contribution in [-0.4, -0.2) is 50.1 Å².